The van der Waals surface area contributed by atoms with Gasteiger partial charge in [0.2, 0.25) is 5.91 Å². The van der Waals surface area contributed by atoms with Crippen molar-refractivity contribution in [3.05, 3.63) is 59.1 Å². The lowest BCUT2D eigenvalue weighted by atomic mass is 9.96. The average molecular weight is 512 g/mol. The zero-order valence-electron chi connectivity index (χ0n) is 17.7. The molecule has 2 amide bonds. The maximum Gasteiger partial charge on any atom is 0.414 e. The molecule has 2 aromatic carbocycles. The van der Waals surface area contributed by atoms with Gasteiger partial charge in [-0.2, -0.15) is 0 Å². The highest BCUT2D eigenvalue weighted by Crippen LogP contribution is 2.22. The number of carbonyl (C=O) groups is 4. The zero-order valence-corrected chi connectivity index (χ0v) is 19.3. The summed E-state index contributed by atoms with van der Waals surface area (Å²) < 4.78 is 27.8. The van der Waals surface area contributed by atoms with Gasteiger partial charge in [0.15, 0.2) is 0 Å². The number of likely N-dealkylation sites (tertiary alicyclic amines) is 1. The van der Waals surface area contributed by atoms with E-state index in [1.54, 1.807) is 29.2 Å². The Kier molecular flexibility index (Phi) is 8.98. The third-order valence-electron chi connectivity index (χ3n) is 4.84. The first-order valence-corrected chi connectivity index (χ1v) is 11.7. The molecule has 0 spiro atoms. The first-order valence-electron chi connectivity index (χ1n) is 9.84. The molecule has 0 saturated carbocycles. The quantitative estimate of drug-likeness (QED) is 0.436. The third-order valence-corrected chi connectivity index (χ3v) is 6.45. The fourth-order valence-electron chi connectivity index (χ4n) is 3.11. The second-order valence-corrected chi connectivity index (χ2v) is 9.34. The number of carboxylic acid groups (broad SMARTS) is 2. The first-order chi connectivity index (χ1) is 15.9. The topological polar surface area (TPSA) is 184 Å². The molecule has 182 valence electrons. The number of primary amides is 1. The van der Waals surface area contributed by atoms with E-state index in [2.05, 4.69) is 4.72 Å². The fourth-order valence-corrected chi connectivity index (χ4v) is 4.40. The predicted octanol–water partition coefficient (Wildman–Crippen LogP) is 1.63. The summed E-state index contributed by atoms with van der Waals surface area (Å²) in [7, 11) is -3.88. The van der Waals surface area contributed by atoms with Crippen molar-refractivity contribution in [2.45, 2.75) is 17.7 Å². The summed E-state index contributed by atoms with van der Waals surface area (Å²) in [5.41, 5.74) is 5.92. The molecule has 3 rings (SSSR count). The van der Waals surface area contributed by atoms with E-state index >= 15 is 0 Å². The largest absolute Gasteiger partial charge is 0.473 e. The number of carbonyl (C=O) groups excluding carboxylic acids is 2. The van der Waals surface area contributed by atoms with E-state index in [0.717, 1.165) is 0 Å². The maximum atomic E-state index is 12.7. The molecule has 0 bridgehead atoms. The van der Waals surface area contributed by atoms with Crippen molar-refractivity contribution < 1.29 is 37.8 Å². The molecule has 1 heterocycles. The van der Waals surface area contributed by atoms with Gasteiger partial charge in [0.25, 0.3) is 15.9 Å². The summed E-state index contributed by atoms with van der Waals surface area (Å²) in [4.78, 5) is 43.8. The van der Waals surface area contributed by atoms with Crippen LogP contribution in [0.5, 0.6) is 0 Å². The number of amides is 2. The number of hydrogen-bond donors (Lipinski definition) is 4. The Hall–Kier alpha value is -3.64. The monoisotopic (exact) mass is 511 g/mol. The lowest BCUT2D eigenvalue weighted by Gasteiger charge is -2.30. The smallest absolute Gasteiger partial charge is 0.414 e. The van der Waals surface area contributed by atoms with Gasteiger partial charge >= 0.3 is 11.9 Å². The number of piperidine rings is 1. The van der Waals surface area contributed by atoms with Crippen LogP contribution in [-0.2, 0) is 24.4 Å². The highest BCUT2D eigenvalue weighted by atomic mass is 35.5. The summed E-state index contributed by atoms with van der Waals surface area (Å²) in [5, 5.41) is 15.2. The van der Waals surface area contributed by atoms with Gasteiger partial charge in [-0.1, -0.05) is 23.7 Å². The maximum absolute atomic E-state index is 12.7. The van der Waals surface area contributed by atoms with Crippen LogP contribution in [0.15, 0.2) is 53.4 Å². The lowest BCUT2D eigenvalue weighted by molar-refractivity contribution is -0.159. The molecule has 1 aliphatic rings. The number of anilines is 1. The minimum Gasteiger partial charge on any atom is -0.473 e. The second-order valence-electron chi connectivity index (χ2n) is 7.22. The van der Waals surface area contributed by atoms with Crippen molar-refractivity contribution in [1.29, 1.82) is 0 Å². The van der Waals surface area contributed by atoms with E-state index in [-0.39, 0.29) is 28.2 Å². The summed E-state index contributed by atoms with van der Waals surface area (Å²) in [6, 6.07) is 12.2. The van der Waals surface area contributed by atoms with Gasteiger partial charge in [-0.3, -0.25) is 14.3 Å². The van der Waals surface area contributed by atoms with E-state index in [9.17, 15) is 18.0 Å². The average Bonchev–Trinajstić information content (AvgIpc) is 2.79. The lowest BCUT2D eigenvalue weighted by Crippen LogP contribution is -2.41. The molecule has 11 nitrogen and oxygen atoms in total. The SMILES string of the molecule is NC(=O)C1CCN(C(=O)c2cccc(S(=O)(=O)Nc3cccc(Cl)c3)c2)CC1.O=C(O)C(=O)O. The van der Waals surface area contributed by atoms with Gasteiger partial charge in [-0.05, 0) is 49.2 Å². The number of sulfonamides is 1. The second kappa shape index (κ2) is 11.5. The standard InChI is InChI=1S/C19H20ClN3O4S.C2H2O4/c20-15-4-2-5-16(12-15)22-28(26,27)17-6-1-3-14(11-17)19(25)23-9-7-13(8-10-23)18(21)24;3-1(4)2(5)6/h1-6,11-13,22H,7-10H2,(H2,21,24);(H,3,4)(H,5,6). The van der Waals surface area contributed by atoms with E-state index in [1.807, 2.05) is 0 Å². The van der Waals surface area contributed by atoms with Crippen molar-refractivity contribution in [2.24, 2.45) is 11.7 Å². The van der Waals surface area contributed by atoms with Crippen molar-refractivity contribution >= 4 is 51.1 Å². The summed E-state index contributed by atoms with van der Waals surface area (Å²) >= 11 is 5.89. The fraction of sp³-hybridized carbons (Fsp3) is 0.238. The van der Waals surface area contributed by atoms with E-state index in [1.165, 1.54) is 24.3 Å². The molecular formula is C21H22ClN3O8S. The summed E-state index contributed by atoms with van der Waals surface area (Å²) in [6.45, 7) is 0.814. The predicted molar refractivity (Wildman–Crippen MR) is 122 cm³/mol. The molecular weight excluding hydrogens is 490 g/mol. The Balaban J connectivity index is 0.000000604. The molecule has 1 saturated heterocycles. The van der Waals surface area contributed by atoms with E-state index < -0.39 is 22.0 Å². The molecule has 1 aliphatic heterocycles. The third kappa shape index (κ3) is 7.46. The number of nitrogens with two attached hydrogens (primary N) is 1. The molecule has 0 radical (unpaired) electrons. The molecule has 0 aromatic heterocycles. The first kappa shape index (κ1) is 26.6. The minimum atomic E-state index is -3.88. The molecule has 13 heteroatoms. The highest BCUT2D eigenvalue weighted by molar-refractivity contribution is 7.92. The molecule has 0 atom stereocenters. The minimum absolute atomic E-state index is 0.0228. The number of nitrogens with zero attached hydrogens (tertiary/aromatic N) is 1. The van der Waals surface area contributed by atoms with Crippen LogP contribution < -0.4 is 10.5 Å². The zero-order chi connectivity index (χ0) is 25.5. The van der Waals surface area contributed by atoms with Crippen LogP contribution in [0.4, 0.5) is 5.69 Å². The molecule has 34 heavy (non-hydrogen) atoms. The molecule has 5 N–H and O–H groups in total. The number of halogens is 1. The van der Waals surface area contributed by atoms with Crippen molar-refractivity contribution in [3.63, 3.8) is 0 Å². The van der Waals surface area contributed by atoms with Gasteiger partial charge in [-0.25, -0.2) is 18.0 Å². The Morgan fingerprint density at radius 1 is 0.971 bits per heavy atom. The van der Waals surface area contributed by atoms with Crippen LogP contribution in [0.3, 0.4) is 0 Å². The van der Waals surface area contributed by atoms with Gasteiger partial charge in [0.1, 0.15) is 0 Å². The van der Waals surface area contributed by atoms with Gasteiger partial charge in [-0.15, -0.1) is 0 Å². The van der Waals surface area contributed by atoms with Crippen LogP contribution in [0, 0.1) is 5.92 Å². The summed E-state index contributed by atoms with van der Waals surface area (Å²) in [5.74, 6) is -4.50. The number of aliphatic carboxylic acids is 2. The number of nitrogens with one attached hydrogen (secondary N) is 1. The van der Waals surface area contributed by atoms with Crippen LogP contribution in [-0.4, -0.2) is 60.4 Å². The molecule has 1 fully saturated rings. The highest BCUT2D eigenvalue weighted by Gasteiger charge is 2.27. The Bertz CT molecular complexity index is 1180. The van der Waals surface area contributed by atoms with Crippen LogP contribution in [0.1, 0.15) is 23.2 Å². The van der Waals surface area contributed by atoms with Crippen molar-refractivity contribution in [3.8, 4) is 0 Å². The van der Waals surface area contributed by atoms with Crippen LogP contribution >= 0.6 is 11.6 Å². The number of carboxylic acids is 2. The van der Waals surface area contributed by atoms with Gasteiger partial charge in [0.05, 0.1) is 10.6 Å². The Morgan fingerprint density at radius 2 is 1.56 bits per heavy atom. The molecule has 0 aliphatic carbocycles. The normalized spacial score (nSPS) is 13.9. The number of benzene rings is 2. The van der Waals surface area contributed by atoms with Crippen molar-refractivity contribution in [1.82, 2.24) is 4.90 Å². The molecule has 2 aromatic rings. The van der Waals surface area contributed by atoms with E-state index in [0.29, 0.717) is 36.6 Å². The summed E-state index contributed by atoms with van der Waals surface area (Å²) in [6.07, 6.45) is 1.02. The molecule has 0 unspecified atom stereocenters. The van der Waals surface area contributed by atoms with Gasteiger partial charge in [0, 0.05) is 29.6 Å². The Labute approximate surface area is 200 Å². The van der Waals surface area contributed by atoms with Crippen LogP contribution in [0.2, 0.25) is 5.02 Å². The van der Waals surface area contributed by atoms with Crippen LogP contribution in [0.25, 0.3) is 0 Å². The number of hydrogen-bond acceptors (Lipinski definition) is 6. The van der Waals surface area contributed by atoms with Gasteiger partial charge < -0.3 is 20.8 Å². The van der Waals surface area contributed by atoms with E-state index in [4.69, 9.17) is 37.1 Å². The number of rotatable bonds is 5. The Morgan fingerprint density at radius 3 is 2.09 bits per heavy atom. The van der Waals surface area contributed by atoms with Crippen molar-refractivity contribution in [2.75, 3.05) is 17.8 Å².